The maximum Gasteiger partial charge on any atom is 0.323 e. The Labute approximate surface area is 99.8 Å². The van der Waals surface area contributed by atoms with Crippen molar-refractivity contribution in [2.75, 3.05) is 18.9 Å². The first kappa shape index (κ1) is 13.8. The number of amides is 2. The molecule has 5 nitrogen and oxygen atoms in total. The SMILES string of the molecule is CN(CC(=O)O)C(=O)Nc1cc(F)cc(F)c1F. The third-order valence-electron chi connectivity index (χ3n) is 1.95. The minimum Gasteiger partial charge on any atom is -0.480 e. The van der Waals surface area contributed by atoms with E-state index in [9.17, 15) is 22.8 Å². The van der Waals surface area contributed by atoms with Gasteiger partial charge in [0.15, 0.2) is 11.6 Å². The van der Waals surface area contributed by atoms with Crippen LogP contribution in [0.2, 0.25) is 0 Å². The predicted octanol–water partition coefficient (Wildman–Crippen LogP) is 1.65. The topological polar surface area (TPSA) is 69.6 Å². The summed E-state index contributed by atoms with van der Waals surface area (Å²) in [7, 11) is 1.14. The number of carbonyl (C=O) groups excluding carboxylic acids is 1. The Kier molecular flexibility index (Phi) is 4.13. The van der Waals surface area contributed by atoms with E-state index in [2.05, 4.69) is 0 Å². The summed E-state index contributed by atoms with van der Waals surface area (Å²) >= 11 is 0. The fourth-order valence-corrected chi connectivity index (χ4v) is 1.13. The Morgan fingerprint density at radius 2 is 1.94 bits per heavy atom. The van der Waals surface area contributed by atoms with E-state index in [1.165, 1.54) is 0 Å². The van der Waals surface area contributed by atoms with Crippen LogP contribution in [0.1, 0.15) is 0 Å². The molecule has 0 aliphatic carbocycles. The first-order valence-corrected chi connectivity index (χ1v) is 4.69. The number of carbonyl (C=O) groups is 2. The molecule has 8 heteroatoms. The summed E-state index contributed by atoms with van der Waals surface area (Å²) in [6, 6.07) is -0.0852. The van der Waals surface area contributed by atoms with Gasteiger partial charge in [-0.2, -0.15) is 0 Å². The molecular weight excluding hydrogens is 253 g/mol. The van der Waals surface area contributed by atoms with Crippen molar-refractivity contribution in [2.45, 2.75) is 0 Å². The van der Waals surface area contributed by atoms with E-state index < -0.39 is 41.7 Å². The van der Waals surface area contributed by atoms with Gasteiger partial charge in [0.05, 0.1) is 5.69 Å². The van der Waals surface area contributed by atoms with Gasteiger partial charge in [-0.3, -0.25) is 4.79 Å². The van der Waals surface area contributed by atoms with E-state index in [0.717, 1.165) is 7.05 Å². The molecule has 0 saturated carbocycles. The van der Waals surface area contributed by atoms with E-state index in [1.807, 2.05) is 5.32 Å². The minimum absolute atomic E-state index is 0.325. The van der Waals surface area contributed by atoms with Crippen molar-refractivity contribution in [1.82, 2.24) is 4.90 Å². The van der Waals surface area contributed by atoms with Gasteiger partial charge in [-0.15, -0.1) is 0 Å². The predicted molar refractivity (Wildman–Crippen MR) is 55.6 cm³/mol. The van der Waals surface area contributed by atoms with Gasteiger partial charge in [-0.25, -0.2) is 18.0 Å². The molecule has 0 bridgehead atoms. The Hall–Kier alpha value is -2.25. The molecule has 0 fully saturated rings. The summed E-state index contributed by atoms with van der Waals surface area (Å²) in [6.45, 7) is -0.634. The Bertz CT molecular complexity index is 494. The number of anilines is 1. The van der Waals surface area contributed by atoms with E-state index in [0.29, 0.717) is 17.0 Å². The molecule has 1 rings (SSSR count). The van der Waals surface area contributed by atoms with Crippen LogP contribution in [0, 0.1) is 17.5 Å². The molecule has 0 radical (unpaired) electrons. The van der Waals surface area contributed by atoms with Crippen molar-refractivity contribution in [3.63, 3.8) is 0 Å². The number of urea groups is 1. The lowest BCUT2D eigenvalue weighted by molar-refractivity contribution is -0.137. The third-order valence-corrected chi connectivity index (χ3v) is 1.95. The summed E-state index contributed by atoms with van der Waals surface area (Å²) in [6.07, 6.45) is 0. The quantitative estimate of drug-likeness (QED) is 0.814. The number of nitrogens with one attached hydrogen (secondary N) is 1. The second-order valence-corrected chi connectivity index (χ2v) is 3.43. The van der Waals surface area contributed by atoms with Gasteiger partial charge in [0.2, 0.25) is 0 Å². The summed E-state index contributed by atoms with van der Waals surface area (Å²) in [5, 5.41) is 10.3. The molecule has 0 atom stereocenters. The van der Waals surface area contributed by atoms with E-state index >= 15 is 0 Å². The Morgan fingerprint density at radius 1 is 1.33 bits per heavy atom. The first-order chi connectivity index (χ1) is 8.31. The van der Waals surface area contributed by atoms with Crippen molar-refractivity contribution in [2.24, 2.45) is 0 Å². The molecule has 0 aliphatic heterocycles. The number of nitrogens with zero attached hydrogens (tertiary/aromatic N) is 1. The fraction of sp³-hybridized carbons (Fsp3) is 0.200. The number of halogens is 3. The Morgan fingerprint density at radius 3 is 2.50 bits per heavy atom. The summed E-state index contributed by atoms with van der Waals surface area (Å²) in [5.41, 5.74) is -0.699. The van der Waals surface area contributed by atoms with Crippen LogP contribution < -0.4 is 5.32 Å². The molecule has 1 aromatic rings. The molecule has 0 aliphatic rings. The number of hydrogen-bond donors (Lipinski definition) is 2. The third kappa shape index (κ3) is 3.37. The van der Waals surface area contributed by atoms with E-state index in [4.69, 9.17) is 5.11 Å². The fourth-order valence-electron chi connectivity index (χ4n) is 1.13. The van der Waals surface area contributed by atoms with Gasteiger partial charge in [0.25, 0.3) is 0 Å². The van der Waals surface area contributed by atoms with Crippen molar-refractivity contribution < 1.29 is 27.9 Å². The largest absolute Gasteiger partial charge is 0.480 e. The van der Waals surface area contributed by atoms with Crippen LogP contribution in [0.4, 0.5) is 23.7 Å². The maximum atomic E-state index is 13.2. The lowest BCUT2D eigenvalue weighted by atomic mass is 10.3. The van der Waals surface area contributed by atoms with Crippen LogP contribution in [0.25, 0.3) is 0 Å². The molecule has 98 valence electrons. The summed E-state index contributed by atoms with van der Waals surface area (Å²) < 4.78 is 38.8. The highest BCUT2D eigenvalue weighted by molar-refractivity contribution is 5.91. The molecule has 0 unspecified atom stereocenters. The molecule has 0 heterocycles. The zero-order valence-electron chi connectivity index (χ0n) is 9.21. The monoisotopic (exact) mass is 262 g/mol. The van der Waals surface area contributed by atoms with E-state index in [-0.39, 0.29) is 0 Å². The van der Waals surface area contributed by atoms with Crippen LogP contribution in [0.15, 0.2) is 12.1 Å². The van der Waals surface area contributed by atoms with Gasteiger partial charge >= 0.3 is 12.0 Å². The average Bonchev–Trinajstić information content (AvgIpc) is 2.24. The maximum absolute atomic E-state index is 13.2. The molecule has 2 N–H and O–H groups in total. The minimum atomic E-state index is -1.45. The van der Waals surface area contributed by atoms with Crippen LogP contribution >= 0.6 is 0 Å². The van der Waals surface area contributed by atoms with Crippen molar-refractivity contribution in [3.05, 3.63) is 29.6 Å². The Balaban J connectivity index is 2.85. The zero-order valence-corrected chi connectivity index (χ0v) is 9.21. The van der Waals surface area contributed by atoms with Gasteiger partial charge in [0.1, 0.15) is 12.4 Å². The lowest BCUT2D eigenvalue weighted by Gasteiger charge is -2.16. The second kappa shape index (κ2) is 5.39. The van der Waals surface area contributed by atoms with Crippen molar-refractivity contribution in [3.8, 4) is 0 Å². The summed E-state index contributed by atoms with van der Waals surface area (Å²) in [5.74, 6) is -5.22. The molecule has 18 heavy (non-hydrogen) atoms. The number of likely N-dealkylation sites (N-methyl/N-ethyl adjacent to an activating group) is 1. The van der Waals surface area contributed by atoms with Gasteiger partial charge < -0.3 is 15.3 Å². The van der Waals surface area contributed by atoms with Gasteiger partial charge in [-0.05, 0) is 0 Å². The first-order valence-electron chi connectivity index (χ1n) is 4.69. The van der Waals surface area contributed by atoms with Gasteiger partial charge in [-0.1, -0.05) is 0 Å². The molecule has 0 saturated heterocycles. The second-order valence-electron chi connectivity index (χ2n) is 3.43. The molecule has 1 aromatic carbocycles. The highest BCUT2D eigenvalue weighted by Crippen LogP contribution is 2.19. The van der Waals surface area contributed by atoms with Crippen molar-refractivity contribution in [1.29, 1.82) is 0 Å². The van der Waals surface area contributed by atoms with Gasteiger partial charge in [0, 0.05) is 19.2 Å². The number of hydrogen-bond acceptors (Lipinski definition) is 2. The number of aliphatic carboxylic acids is 1. The lowest BCUT2D eigenvalue weighted by Crippen LogP contribution is -2.35. The van der Waals surface area contributed by atoms with Crippen LogP contribution in [0.5, 0.6) is 0 Å². The van der Waals surface area contributed by atoms with E-state index in [1.54, 1.807) is 0 Å². The smallest absolute Gasteiger partial charge is 0.323 e. The van der Waals surface area contributed by atoms with Crippen LogP contribution in [0.3, 0.4) is 0 Å². The highest BCUT2D eigenvalue weighted by atomic mass is 19.2. The summed E-state index contributed by atoms with van der Waals surface area (Å²) in [4.78, 5) is 22.4. The van der Waals surface area contributed by atoms with Crippen LogP contribution in [-0.2, 0) is 4.79 Å². The molecule has 0 spiro atoms. The normalized spacial score (nSPS) is 10.0. The van der Waals surface area contributed by atoms with Crippen LogP contribution in [-0.4, -0.2) is 35.6 Å². The molecular formula is C10H9F3N2O3. The molecule has 0 aromatic heterocycles. The number of carboxylic acid groups (broad SMARTS) is 1. The van der Waals surface area contributed by atoms with Crippen molar-refractivity contribution >= 4 is 17.7 Å². The highest BCUT2D eigenvalue weighted by Gasteiger charge is 2.17. The molecule has 2 amide bonds. The number of carboxylic acids is 1. The average molecular weight is 262 g/mol. The number of rotatable bonds is 3. The standard InChI is InChI=1S/C10H9F3N2O3/c1-15(4-8(16)17)10(18)14-7-3-5(11)2-6(12)9(7)13/h2-3H,4H2,1H3,(H,14,18)(H,16,17). The number of benzene rings is 1. The zero-order chi connectivity index (χ0) is 13.9.